The van der Waals surface area contributed by atoms with Gasteiger partial charge in [-0.1, -0.05) is 11.6 Å². The Labute approximate surface area is 161 Å². The maximum atomic E-state index is 12.5. The fourth-order valence-corrected chi connectivity index (χ4v) is 4.19. The Morgan fingerprint density at radius 2 is 1.85 bits per heavy atom. The van der Waals surface area contributed by atoms with E-state index in [1.807, 2.05) is 18.4 Å². The van der Waals surface area contributed by atoms with Crippen molar-refractivity contribution in [3.63, 3.8) is 0 Å². The summed E-state index contributed by atoms with van der Waals surface area (Å²) in [5.74, 6) is -0.641. The Balaban J connectivity index is 1.32. The third-order valence-electron chi connectivity index (χ3n) is 5.00. The normalized spacial score (nSPS) is 16.9. The van der Waals surface area contributed by atoms with Crippen molar-refractivity contribution in [3.05, 3.63) is 46.5 Å². The predicted octanol–water partition coefficient (Wildman–Crippen LogP) is 1.79. The fourth-order valence-electron chi connectivity index (χ4n) is 3.49. The first kappa shape index (κ1) is 17.7. The summed E-state index contributed by atoms with van der Waals surface area (Å²) in [7, 11) is 0. The molecule has 2 aliphatic rings. The molecule has 0 N–H and O–H groups in total. The zero-order chi connectivity index (χ0) is 19.0. The molecular weight excluding hydrogens is 364 g/mol. The lowest BCUT2D eigenvalue weighted by molar-refractivity contribution is -0.131. The molecule has 0 radical (unpaired) electrons. The van der Waals surface area contributed by atoms with Crippen molar-refractivity contribution in [3.8, 4) is 0 Å². The van der Waals surface area contributed by atoms with Crippen LogP contribution in [0.4, 0.5) is 5.13 Å². The average molecular weight is 384 g/mol. The van der Waals surface area contributed by atoms with Crippen LogP contribution in [0.3, 0.4) is 0 Å². The van der Waals surface area contributed by atoms with Crippen LogP contribution in [-0.2, 0) is 4.79 Å². The number of imide groups is 1. The molecule has 3 amide bonds. The topological polar surface area (TPSA) is 73.8 Å². The number of hydrogen-bond donors (Lipinski definition) is 0. The quantitative estimate of drug-likeness (QED) is 0.752. The number of nitrogens with zero attached hydrogens (tertiary/aromatic N) is 4. The summed E-state index contributed by atoms with van der Waals surface area (Å²) < 4.78 is 0. The zero-order valence-corrected chi connectivity index (χ0v) is 15.9. The molecule has 0 aliphatic carbocycles. The minimum atomic E-state index is -0.309. The van der Waals surface area contributed by atoms with Crippen LogP contribution >= 0.6 is 11.3 Å². The molecule has 7 nitrogen and oxygen atoms in total. The van der Waals surface area contributed by atoms with Crippen LogP contribution in [0.2, 0.25) is 0 Å². The molecule has 27 heavy (non-hydrogen) atoms. The third-order valence-corrected chi connectivity index (χ3v) is 5.83. The van der Waals surface area contributed by atoms with E-state index < -0.39 is 0 Å². The monoisotopic (exact) mass is 384 g/mol. The van der Waals surface area contributed by atoms with Gasteiger partial charge in [0.25, 0.3) is 11.8 Å². The van der Waals surface area contributed by atoms with Crippen LogP contribution in [0, 0.1) is 6.92 Å². The van der Waals surface area contributed by atoms with Crippen LogP contribution in [0.5, 0.6) is 0 Å². The average Bonchev–Trinajstić information content (AvgIpc) is 3.29. The summed E-state index contributed by atoms with van der Waals surface area (Å²) in [6, 6.07) is 5.24. The molecule has 0 bridgehead atoms. The van der Waals surface area contributed by atoms with Gasteiger partial charge >= 0.3 is 0 Å². The van der Waals surface area contributed by atoms with Crippen LogP contribution in [0.25, 0.3) is 0 Å². The van der Waals surface area contributed by atoms with Gasteiger partial charge in [0.05, 0.1) is 11.1 Å². The molecule has 0 spiro atoms. The summed E-state index contributed by atoms with van der Waals surface area (Å²) in [5.41, 5.74) is 1.80. The zero-order valence-electron chi connectivity index (χ0n) is 15.1. The molecule has 1 saturated heterocycles. The molecule has 3 heterocycles. The van der Waals surface area contributed by atoms with Crippen LogP contribution in [-0.4, -0.2) is 65.2 Å². The molecule has 1 aromatic carbocycles. The number of aryl methyl sites for hydroxylation is 1. The summed E-state index contributed by atoms with van der Waals surface area (Å²) in [6.07, 6.45) is 1.93. The highest BCUT2D eigenvalue weighted by Gasteiger charge is 2.35. The first-order valence-corrected chi connectivity index (χ1v) is 9.81. The molecule has 2 aliphatic heterocycles. The molecule has 2 aromatic rings. The van der Waals surface area contributed by atoms with Gasteiger partial charge in [0, 0.05) is 50.7 Å². The maximum Gasteiger partial charge on any atom is 0.261 e. The van der Waals surface area contributed by atoms with E-state index in [4.69, 9.17) is 0 Å². The van der Waals surface area contributed by atoms with Crippen molar-refractivity contribution in [1.82, 2.24) is 14.8 Å². The van der Waals surface area contributed by atoms with Gasteiger partial charge in [-0.25, -0.2) is 4.98 Å². The van der Waals surface area contributed by atoms with Gasteiger partial charge in [-0.2, -0.15) is 0 Å². The van der Waals surface area contributed by atoms with E-state index in [1.165, 1.54) is 4.90 Å². The lowest BCUT2D eigenvalue weighted by Crippen LogP contribution is -2.49. The van der Waals surface area contributed by atoms with Crippen LogP contribution in [0.1, 0.15) is 32.7 Å². The van der Waals surface area contributed by atoms with Crippen molar-refractivity contribution < 1.29 is 14.4 Å². The molecule has 4 rings (SSSR count). The second-order valence-corrected chi connectivity index (χ2v) is 7.62. The van der Waals surface area contributed by atoms with Crippen molar-refractivity contribution in [2.75, 3.05) is 37.6 Å². The van der Waals surface area contributed by atoms with Crippen LogP contribution < -0.4 is 4.90 Å². The summed E-state index contributed by atoms with van der Waals surface area (Å²) in [4.78, 5) is 46.9. The van der Waals surface area contributed by atoms with Crippen LogP contribution in [0.15, 0.2) is 29.8 Å². The number of rotatable bonds is 4. The Hall–Kier alpha value is -2.74. The number of amides is 3. The smallest absolute Gasteiger partial charge is 0.261 e. The van der Waals surface area contributed by atoms with Gasteiger partial charge in [-0.3, -0.25) is 19.3 Å². The standard InChI is InChI=1S/C19H20N4O3S/c1-13-2-3-14-15(12-13)18(26)23(17(14)25)6-4-16(24)21-7-9-22(10-8-21)19-20-5-11-27-19/h2-3,5,11-12H,4,6-10H2,1H3. The Bertz CT molecular complexity index is 888. The fraction of sp³-hybridized carbons (Fsp3) is 0.368. The number of aromatic nitrogens is 1. The van der Waals surface area contributed by atoms with E-state index >= 15 is 0 Å². The molecule has 1 fully saturated rings. The summed E-state index contributed by atoms with van der Waals surface area (Å²) >= 11 is 1.59. The molecule has 0 unspecified atom stereocenters. The first-order chi connectivity index (χ1) is 13.0. The van der Waals surface area contributed by atoms with Gasteiger partial charge in [-0.05, 0) is 19.1 Å². The van der Waals surface area contributed by atoms with E-state index in [1.54, 1.807) is 34.6 Å². The maximum absolute atomic E-state index is 12.5. The molecule has 0 saturated carbocycles. The number of piperazine rings is 1. The molecule has 140 valence electrons. The second kappa shape index (κ2) is 7.11. The van der Waals surface area contributed by atoms with E-state index in [0.29, 0.717) is 24.2 Å². The number of fused-ring (bicyclic) bond motifs is 1. The first-order valence-electron chi connectivity index (χ1n) is 8.93. The number of carbonyl (C=O) groups excluding carboxylic acids is 3. The number of thiazole rings is 1. The highest BCUT2D eigenvalue weighted by molar-refractivity contribution is 7.13. The number of hydrogen-bond acceptors (Lipinski definition) is 6. The predicted molar refractivity (Wildman–Crippen MR) is 102 cm³/mol. The van der Waals surface area contributed by atoms with Gasteiger partial charge < -0.3 is 9.80 Å². The van der Waals surface area contributed by atoms with E-state index in [0.717, 1.165) is 23.8 Å². The van der Waals surface area contributed by atoms with Crippen molar-refractivity contribution in [1.29, 1.82) is 0 Å². The Morgan fingerprint density at radius 3 is 2.56 bits per heavy atom. The second-order valence-electron chi connectivity index (χ2n) is 6.74. The number of anilines is 1. The lowest BCUT2D eigenvalue weighted by Gasteiger charge is -2.34. The van der Waals surface area contributed by atoms with Gasteiger partial charge in [0.1, 0.15) is 0 Å². The van der Waals surface area contributed by atoms with Crippen molar-refractivity contribution in [2.45, 2.75) is 13.3 Å². The van der Waals surface area contributed by atoms with E-state index in [2.05, 4.69) is 9.88 Å². The minimum Gasteiger partial charge on any atom is -0.345 e. The number of benzene rings is 1. The summed E-state index contributed by atoms with van der Waals surface area (Å²) in [6.45, 7) is 4.74. The highest BCUT2D eigenvalue weighted by atomic mass is 32.1. The Morgan fingerprint density at radius 1 is 1.11 bits per heavy atom. The summed E-state index contributed by atoms with van der Waals surface area (Å²) in [5, 5.41) is 2.92. The SMILES string of the molecule is Cc1ccc2c(c1)C(=O)N(CCC(=O)N1CCN(c3nccs3)CC1)C2=O. The van der Waals surface area contributed by atoms with Crippen molar-refractivity contribution >= 4 is 34.2 Å². The largest absolute Gasteiger partial charge is 0.345 e. The van der Waals surface area contributed by atoms with Gasteiger partial charge in [-0.15, -0.1) is 11.3 Å². The molecule has 0 atom stereocenters. The minimum absolute atomic E-state index is 0.0264. The molecular formula is C19H20N4O3S. The van der Waals surface area contributed by atoms with Gasteiger partial charge in [0.15, 0.2) is 5.13 Å². The third kappa shape index (κ3) is 3.32. The van der Waals surface area contributed by atoms with E-state index in [9.17, 15) is 14.4 Å². The molecule has 8 heteroatoms. The van der Waals surface area contributed by atoms with E-state index in [-0.39, 0.29) is 30.7 Å². The Kier molecular flexibility index (Phi) is 4.65. The molecule has 1 aromatic heterocycles. The lowest BCUT2D eigenvalue weighted by atomic mass is 10.1. The van der Waals surface area contributed by atoms with Crippen molar-refractivity contribution in [2.24, 2.45) is 0 Å². The highest BCUT2D eigenvalue weighted by Crippen LogP contribution is 2.24. The van der Waals surface area contributed by atoms with Gasteiger partial charge in [0.2, 0.25) is 5.91 Å². The number of carbonyl (C=O) groups is 3.